The van der Waals surface area contributed by atoms with E-state index in [2.05, 4.69) is 5.32 Å². The van der Waals surface area contributed by atoms with Gasteiger partial charge in [-0.15, -0.1) is 0 Å². The topological polar surface area (TPSA) is 118 Å². The van der Waals surface area contributed by atoms with Gasteiger partial charge >= 0.3 is 5.97 Å². The Hall–Kier alpha value is -1.14. The van der Waals surface area contributed by atoms with Crippen molar-refractivity contribution in [2.24, 2.45) is 11.5 Å². The fourth-order valence-corrected chi connectivity index (χ4v) is 0.954. The van der Waals surface area contributed by atoms with Crippen LogP contribution in [0.3, 0.4) is 0 Å². The van der Waals surface area contributed by atoms with Crippen molar-refractivity contribution in [3.8, 4) is 0 Å². The van der Waals surface area contributed by atoms with Crippen LogP contribution in [0.15, 0.2) is 0 Å². The number of nitrogens with one attached hydrogen (secondary N) is 1. The fraction of sp³-hybridized carbons (Fsp3) is 0.750. The van der Waals surface area contributed by atoms with Crippen LogP contribution in [0.5, 0.6) is 0 Å². The van der Waals surface area contributed by atoms with E-state index in [1.54, 1.807) is 0 Å². The minimum atomic E-state index is -1.10. The molecular weight excluding hydrogens is 186 g/mol. The number of carboxylic acids is 1. The first-order valence-electron chi connectivity index (χ1n) is 4.50. The highest BCUT2D eigenvalue weighted by molar-refractivity contribution is 5.85. The van der Waals surface area contributed by atoms with E-state index in [4.69, 9.17) is 16.6 Å². The molecule has 0 aromatic heterocycles. The van der Waals surface area contributed by atoms with Gasteiger partial charge in [-0.1, -0.05) is 13.3 Å². The Balaban J connectivity index is 3.88. The normalized spacial score (nSPS) is 14.5. The molecule has 0 rings (SSSR count). The van der Waals surface area contributed by atoms with Gasteiger partial charge in [0.1, 0.15) is 0 Å². The summed E-state index contributed by atoms with van der Waals surface area (Å²) in [6.07, 6.45) is 0.651. The lowest BCUT2D eigenvalue weighted by atomic mass is 10.2. The smallest absolute Gasteiger partial charge is 0.305 e. The van der Waals surface area contributed by atoms with Crippen LogP contribution in [0, 0.1) is 0 Å². The van der Waals surface area contributed by atoms with Crippen molar-refractivity contribution in [3.05, 3.63) is 0 Å². The van der Waals surface area contributed by atoms with Gasteiger partial charge in [-0.3, -0.25) is 9.59 Å². The molecule has 14 heavy (non-hydrogen) atoms. The summed E-state index contributed by atoms with van der Waals surface area (Å²) in [7, 11) is 0. The highest BCUT2D eigenvalue weighted by Gasteiger charge is 2.18. The van der Waals surface area contributed by atoms with Crippen LogP contribution in [0.1, 0.15) is 26.2 Å². The number of nitrogens with two attached hydrogens (primary N) is 2. The summed E-state index contributed by atoms with van der Waals surface area (Å²) in [5.41, 5.74) is 10.8. The van der Waals surface area contributed by atoms with Gasteiger partial charge in [-0.25, -0.2) is 0 Å². The molecule has 0 radical (unpaired) electrons. The van der Waals surface area contributed by atoms with Crippen molar-refractivity contribution in [2.75, 3.05) is 0 Å². The van der Waals surface area contributed by atoms with Crippen molar-refractivity contribution < 1.29 is 14.7 Å². The van der Waals surface area contributed by atoms with Gasteiger partial charge in [0.05, 0.1) is 18.6 Å². The monoisotopic (exact) mass is 203 g/mol. The van der Waals surface area contributed by atoms with E-state index in [1.807, 2.05) is 6.92 Å². The van der Waals surface area contributed by atoms with Gasteiger partial charge in [0, 0.05) is 0 Å². The van der Waals surface area contributed by atoms with Crippen LogP contribution in [-0.2, 0) is 9.59 Å². The Morgan fingerprint density at radius 3 is 2.43 bits per heavy atom. The molecule has 0 aliphatic carbocycles. The molecule has 0 saturated carbocycles. The Morgan fingerprint density at radius 1 is 1.43 bits per heavy atom. The maximum Gasteiger partial charge on any atom is 0.305 e. The quantitative estimate of drug-likeness (QED) is 0.412. The number of rotatable bonds is 6. The lowest BCUT2D eigenvalue weighted by Gasteiger charge is -2.15. The van der Waals surface area contributed by atoms with Crippen LogP contribution >= 0.6 is 0 Å². The molecule has 0 aromatic carbocycles. The number of carbonyl (C=O) groups is 2. The maximum atomic E-state index is 11.2. The van der Waals surface area contributed by atoms with E-state index in [9.17, 15) is 9.59 Å². The average Bonchev–Trinajstić information content (AvgIpc) is 2.02. The van der Waals surface area contributed by atoms with Crippen molar-refractivity contribution >= 4 is 11.9 Å². The van der Waals surface area contributed by atoms with Crippen molar-refractivity contribution in [1.82, 2.24) is 5.32 Å². The zero-order valence-corrected chi connectivity index (χ0v) is 8.19. The first-order valence-corrected chi connectivity index (χ1v) is 4.50. The summed E-state index contributed by atoms with van der Waals surface area (Å²) in [5.74, 6) is -1.62. The molecule has 0 heterocycles. The standard InChI is InChI=1S/C8H17N3O3/c1-2-3-6(10)11-8(14)5(9)4-7(12)13/h5-6H,2-4,9-10H2,1H3,(H,11,14)(H,12,13)/t5-,6?/m0/s1. The van der Waals surface area contributed by atoms with E-state index >= 15 is 0 Å². The summed E-state index contributed by atoms with van der Waals surface area (Å²) in [6, 6.07) is -1.03. The van der Waals surface area contributed by atoms with E-state index in [0.717, 1.165) is 6.42 Å². The summed E-state index contributed by atoms with van der Waals surface area (Å²) in [4.78, 5) is 21.4. The Morgan fingerprint density at radius 2 is 2.00 bits per heavy atom. The number of carbonyl (C=O) groups excluding carboxylic acids is 1. The highest BCUT2D eigenvalue weighted by atomic mass is 16.4. The molecule has 1 amide bonds. The number of hydrogen-bond donors (Lipinski definition) is 4. The molecular formula is C8H17N3O3. The second-order valence-electron chi connectivity index (χ2n) is 3.11. The van der Waals surface area contributed by atoms with Gasteiger partial charge in [0.2, 0.25) is 5.91 Å². The second kappa shape index (κ2) is 6.33. The van der Waals surface area contributed by atoms with E-state index in [1.165, 1.54) is 0 Å². The molecule has 0 bridgehead atoms. The predicted octanol–water partition coefficient (Wildman–Crippen LogP) is -1.01. The van der Waals surface area contributed by atoms with Crippen LogP contribution in [-0.4, -0.2) is 29.2 Å². The second-order valence-corrected chi connectivity index (χ2v) is 3.11. The maximum absolute atomic E-state index is 11.2. The Labute approximate surface area is 82.6 Å². The van der Waals surface area contributed by atoms with E-state index < -0.39 is 24.1 Å². The lowest BCUT2D eigenvalue weighted by Crippen LogP contribution is -2.49. The molecule has 1 unspecified atom stereocenters. The van der Waals surface area contributed by atoms with Gasteiger partial charge < -0.3 is 21.9 Å². The fourth-order valence-electron chi connectivity index (χ4n) is 0.954. The summed E-state index contributed by atoms with van der Waals surface area (Å²) in [6.45, 7) is 1.93. The summed E-state index contributed by atoms with van der Waals surface area (Å²) in [5, 5.41) is 10.8. The number of hydrogen-bond acceptors (Lipinski definition) is 4. The first-order chi connectivity index (χ1) is 6.47. The average molecular weight is 203 g/mol. The van der Waals surface area contributed by atoms with Crippen LogP contribution in [0.2, 0.25) is 0 Å². The van der Waals surface area contributed by atoms with Gasteiger partial charge in [0.15, 0.2) is 0 Å². The molecule has 0 fully saturated rings. The third-order valence-electron chi connectivity index (χ3n) is 1.66. The molecule has 6 heteroatoms. The third-order valence-corrected chi connectivity index (χ3v) is 1.66. The van der Waals surface area contributed by atoms with Crippen molar-refractivity contribution in [3.63, 3.8) is 0 Å². The molecule has 2 atom stereocenters. The highest BCUT2D eigenvalue weighted by Crippen LogP contribution is 1.92. The first kappa shape index (κ1) is 12.9. The molecule has 6 N–H and O–H groups in total. The summed E-state index contributed by atoms with van der Waals surface area (Å²) < 4.78 is 0. The Kier molecular flexibility index (Phi) is 5.82. The number of aliphatic carboxylic acids is 1. The molecule has 0 spiro atoms. The van der Waals surface area contributed by atoms with Crippen LogP contribution in [0.4, 0.5) is 0 Å². The largest absolute Gasteiger partial charge is 0.481 e. The van der Waals surface area contributed by atoms with Crippen molar-refractivity contribution in [2.45, 2.75) is 38.4 Å². The zero-order chi connectivity index (χ0) is 11.1. The predicted molar refractivity (Wildman–Crippen MR) is 51.3 cm³/mol. The van der Waals surface area contributed by atoms with Crippen LogP contribution in [0.25, 0.3) is 0 Å². The van der Waals surface area contributed by atoms with Crippen LogP contribution < -0.4 is 16.8 Å². The van der Waals surface area contributed by atoms with Gasteiger partial charge in [-0.05, 0) is 6.42 Å². The summed E-state index contributed by atoms with van der Waals surface area (Å²) >= 11 is 0. The molecule has 82 valence electrons. The molecule has 0 aliphatic heterocycles. The van der Waals surface area contributed by atoms with Crippen molar-refractivity contribution in [1.29, 1.82) is 0 Å². The molecule has 0 aromatic rings. The van der Waals surface area contributed by atoms with E-state index in [-0.39, 0.29) is 6.42 Å². The minimum Gasteiger partial charge on any atom is -0.481 e. The lowest BCUT2D eigenvalue weighted by molar-refractivity contribution is -0.139. The van der Waals surface area contributed by atoms with Gasteiger partial charge in [-0.2, -0.15) is 0 Å². The number of carboxylic acid groups (broad SMARTS) is 1. The molecule has 0 aliphatic rings. The SMILES string of the molecule is CCCC(N)NC(=O)[C@@H](N)CC(=O)O. The molecule has 6 nitrogen and oxygen atoms in total. The third kappa shape index (κ3) is 5.50. The van der Waals surface area contributed by atoms with E-state index in [0.29, 0.717) is 6.42 Å². The zero-order valence-electron chi connectivity index (χ0n) is 8.19. The minimum absolute atomic E-state index is 0.384. The van der Waals surface area contributed by atoms with Gasteiger partial charge in [0.25, 0.3) is 0 Å². The molecule has 0 saturated heterocycles. The Bertz CT molecular complexity index is 208. The number of amides is 1.